The van der Waals surface area contributed by atoms with Gasteiger partial charge in [0.1, 0.15) is 12.5 Å². The normalized spacial score (nSPS) is 19.0. The van der Waals surface area contributed by atoms with E-state index in [0.717, 1.165) is 4.90 Å². The van der Waals surface area contributed by atoms with Gasteiger partial charge >= 0.3 is 0 Å². The van der Waals surface area contributed by atoms with E-state index in [-0.39, 0.29) is 18.0 Å². The Balaban J connectivity index is 2.12. The Morgan fingerprint density at radius 2 is 1.93 bits per heavy atom. The number of benzene rings is 2. The maximum atomic E-state index is 13.0. The average molecular weight is 364 g/mol. The lowest BCUT2D eigenvalue weighted by molar-refractivity contribution is -0.140. The molecule has 0 saturated carbocycles. The molecule has 2 atom stereocenters. The monoisotopic (exact) mass is 364 g/mol. The molecule has 7 heteroatoms. The molecule has 2 unspecified atom stereocenters. The van der Waals surface area contributed by atoms with E-state index in [4.69, 9.17) is 10.00 Å². The minimum absolute atomic E-state index is 0.116. The van der Waals surface area contributed by atoms with Crippen molar-refractivity contribution in [3.8, 4) is 17.6 Å². The zero-order valence-electron chi connectivity index (χ0n) is 14.5. The Morgan fingerprint density at radius 3 is 2.56 bits per heavy atom. The summed E-state index contributed by atoms with van der Waals surface area (Å²) in [5.41, 5.74) is 0.728. The standard InChI is InChI=1S/C20H16N2O5/c1-27-15-11-13(7-8-14(15)23)17-16(18(24)12-5-3-2-4-6-12)19(25)20(26)22(17)10-9-21/h2-8,11,16-17,23H,10H2,1H3. The maximum absolute atomic E-state index is 13.0. The number of aromatic hydroxyl groups is 1. The van der Waals surface area contributed by atoms with Gasteiger partial charge in [0.15, 0.2) is 17.3 Å². The Morgan fingerprint density at radius 1 is 1.22 bits per heavy atom. The number of ketones is 2. The predicted octanol–water partition coefficient (Wildman–Crippen LogP) is 1.88. The number of hydrogen-bond acceptors (Lipinski definition) is 6. The number of likely N-dealkylation sites (tertiary alicyclic amines) is 1. The van der Waals surface area contributed by atoms with E-state index in [0.29, 0.717) is 11.1 Å². The minimum atomic E-state index is -1.28. The van der Waals surface area contributed by atoms with Crippen molar-refractivity contribution in [1.29, 1.82) is 5.26 Å². The number of carbonyl (C=O) groups is 3. The number of hydrogen-bond donors (Lipinski definition) is 1. The Kier molecular flexibility index (Phi) is 4.90. The Hall–Kier alpha value is -3.66. The van der Waals surface area contributed by atoms with Crippen molar-refractivity contribution in [2.75, 3.05) is 13.7 Å². The van der Waals surface area contributed by atoms with Crippen LogP contribution in [0.3, 0.4) is 0 Å². The number of rotatable bonds is 5. The first-order valence-corrected chi connectivity index (χ1v) is 8.17. The number of phenolic OH excluding ortho intramolecular Hbond substituents is 1. The molecule has 3 rings (SSSR count). The number of amides is 1. The maximum Gasteiger partial charge on any atom is 0.292 e. The second-order valence-corrected chi connectivity index (χ2v) is 6.04. The number of carbonyl (C=O) groups excluding carboxylic acids is 3. The van der Waals surface area contributed by atoms with Gasteiger partial charge in [0.05, 0.1) is 19.2 Å². The van der Waals surface area contributed by atoms with Crippen molar-refractivity contribution in [1.82, 2.24) is 4.90 Å². The highest BCUT2D eigenvalue weighted by molar-refractivity contribution is 6.44. The molecule has 1 aliphatic heterocycles. The first-order chi connectivity index (χ1) is 13.0. The Labute approximate surface area is 155 Å². The van der Waals surface area contributed by atoms with Crippen molar-refractivity contribution < 1.29 is 24.2 Å². The number of ether oxygens (including phenoxy) is 1. The summed E-state index contributed by atoms with van der Waals surface area (Å²) in [4.78, 5) is 39.1. The molecule has 0 radical (unpaired) electrons. The topological polar surface area (TPSA) is 108 Å². The van der Waals surface area contributed by atoms with Crippen LogP contribution < -0.4 is 4.74 Å². The largest absolute Gasteiger partial charge is 0.504 e. The molecule has 7 nitrogen and oxygen atoms in total. The zero-order valence-corrected chi connectivity index (χ0v) is 14.5. The van der Waals surface area contributed by atoms with E-state index >= 15 is 0 Å². The van der Waals surface area contributed by atoms with Crippen molar-refractivity contribution >= 4 is 17.5 Å². The van der Waals surface area contributed by atoms with E-state index in [1.54, 1.807) is 30.3 Å². The summed E-state index contributed by atoms with van der Waals surface area (Å²) < 4.78 is 5.09. The predicted molar refractivity (Wildman–Crippen MR) is 94.0 cm³/mol. The van der Waals surface area contributed by atoms with Gasteiger partial charge < -0.3 is 14.7 Å². The Bertz CT molecular complexity index is 949. The first kappa shape index (κ1) is 18.1. The average Bonchev–Trinajstić information content (AvgIpc) is 2.94. The van der Waals surface area contributed by atoms with E-state index in [1.165, 1.54) is 25.3 Å². The molecule has 2 aromatic carbocycles. The summed E-state index contributed by atoms with van der Waals surface area (Å²) in [5, 5.41) is 18.9. The highest BCUT2D eigenvalue weighted by Gasteiger charge is 2.51. The summed E-state index contributed by atoms with van der Waals surface area (Å²) in [6.07, 6.45) is 0. The molecule has 136 valence electrons. The molecule has 1 heterocycles. The van der Waals surface area contributed by atoms with Crippen LogP contribution in [0.2, 0.25) is 0 Å². The van der Waals surface area contributed by atoms with Crippen molar-refractivity contribution in [3.63, 3.8) is 0 Å². The van der Waals surface area contributed by atoms with E-state index < -0.39 is 29.4 Å². The second-order valence-electron chi connectivity index (χ2n) is 6.04. The second kappa shape index (κ2) is 7.30. The third kappa shape index (κ3) is 3.13. The van der Waals surface area contributed by atoms with Gasteiger partial charge in [0.25, 0.3) is 5.91 Å². The van der Waals surface area contributed by atoms with Gasteiger partial charge in [-0.25, -0.2) is 0 Å². The highest BCUT2D eigenvalue weighted by Crippen LogP contribution is 2.40. The van der Waals surface area contributed by atoms with Gasteiger partial charge in [-0.15, -0.1) is 0 Å². The van der Waals surface area contributed by atoms with E-state index in [9.17, 15) is 19.5 Å². The molecule has 1 fully saturated rings. The molecule has 1 aliphatic rings. The van der Waals surface area contributed by atoms with Crippen LogP contribution in [0.1, 0.15) is 22.0 Å². The van der Waals surface area contributed by atoms with Crippen LogP contribution >= 0.6 is 0 Å². The number of phenols is 1. The van der Waals surface area contributed by atoms with Crippen LogP contribution in [0.25, 0.3) is 0 Å². The summed E-state index contributed by atoms with van der Waals surface area (Å²) in [7, 11) is 1.36. The van der Waals surface area contributed by atoms with Crippen molar-refractivity contribution in [2.45, 2.75) is 6.04 Å². The molecular weight excluding hydrogens is 348 g/mol. The van der Waals surface area contributed by atoms with Crippen LogP contribution in [-0.2, 0) is 9.59 Å². The molecule has 1 N–H and O–H groups in total. The number of nitriles is 1. The third-order valence-corrected chi connectivity index (χ3v) is 4.53. The molecular formula is C20H16N2O5. The van der Waals surface area contributed by atoms with Gasteiger partial charge in [-0.3, -0.25) is 14.4 Å². The molecule has 0 aliphatic carbocycles. The number of nitrogens with zero attached hydrogens (tertiary/aromatic N) is 2. The summed E-state index contributed by atoms with van der Waals surface area (Å²) in [6, 6.07) is 13.4. The van der Waals surface area contributed by atoms with Gasteiger partial charge in [-0.1, -0.05) is 36.4 Å². The fraction of sp³-hybridized carbons (Fsp3) is 0.200. The van der Waals surface area contributed by atoms with Gasteiger partial charge in [-0.05, 0) is 17.7 Å². The third-order valence-electron chi connectivity index (χ3n) is 4.53. The van der Waals surface area contributed by atoms with Crippen molar-refractivity contribution in [3.05, 3.63) is 59.7 Å². The van der Waals surface area contributed by atoms with Crippen LogP contribution in [-0.4, -0.2) is 41.1 Å². The lowest BCUT2D eigenvalue weighted by Crippen LogP contribution is -2.31. The number of Topliss-reactive ketones (excluding diaryl/α,β-unsaturated/α-hetero) is 2. The summed E-state index contributed by atoms with van der Waals surface area (Å²) in [6.45, 7) is -0.336. The smallest absolute Gasteiger partial charge is 0.292 e. The highest BCUT2D eigenvalue weighted by atomic mass is 16.5. The molecule has 27 heavy (non-hydrogen) atoms. The van der Waals surface area contributed by atoms with E-state index in [2.05, 4.69) is 0 Å². The minimum Gasteiger partial charge on any atom is -0.504 e. The summed E-state index contributed by atoms with van der Waals surface area (Å²) in [5.74, 6) is -3.47. The zero-order chi connectivity index (χ0) is 19.6. The fourth-order valence-electron chi connectivity index (χ4n) is 3.27. The van der Waals surface area contributed by atoms with Crippen molar-refractivity contribution in [2.24, 2.45) is 5.92 Å². The van der Waals surface area contributed by atoms with Crippen LogP contribution in [0.4, 0.5) is 0 Å². The molecule has 0 aromatic heterocycles. The SMILES string of the molecule is COc1cc(C2C(C(=O)c3ccccc3)C(=O)C(=O)N2CC#N)ccc1O. The van der Waals surface area contributed by atoms with E-state index in [1.807, 2.05) is 6.07 Å². The lowest BCUT2D eigenvalue weighted by atomic mass is 9.86. The molecule has 0 spiro atoms. The lowest BCUT2D eigenvalue weighted by Gasteiger charge is -2.25. The molecule has 1 saturated heterocycles. The van der Waals surface area contributed by atoms with Crippen LogP contribution in [0.5, 0.6) is 11.5 Å². The molecule has 0 bridgehead atoms. The molecule has 2 aromatic rings. The molecule has 1 amide bonds. The van der Waals surface area contributed by atoms with Gasteiger partial charge in [0.2, 0.25) is 5.78 Å². The first-order valence-electron chi connectivity index (χ1n) is 8.17. The summed E-state index contributed by atoms with van der Waals surface area (Å²) >= 11 is 0. The van der Waals surface area contributed by atoms with Gasteiger partial charge in [-0.2, -0.15) is 5.26 Å². The van der Waals surface area contributed by atoms with Crippen LogP contribution in [0, 0.1) is 17.2 Å². The fourth-order valence-corrected chi connectivity index (χ4v) is 3.27. The number of methoxy groups -OCH3 is 1. The van der Waals surface area contributed by atoms with Crippen LogP contribution in [0.15, 0.2) is 48.5 Å². The quantitative estimate of drug-likeness (QED) is 0.376. The van der Waals surface area contributed by atoms with Gasteiger partial charge in [0, 0.05) is 5.56 Å².